The van der Waals surface area contributed by atoms with Gasteiger partial charge >= 0.3 is 0 Å². The average molecular weight is 1050 g/mol. The van der Waals surface area contributed by atoms with E-state index in [4.69, 9.17) is 39.9 Å². The molecule has 3 aromatic heterocycles. The Kier molecular flexibility index (Phi) is 12.7. The molecule has 13 aromatic rings. The number of hydrogen-bond acceptors (Lipinski definition) is 11. The van der Waals surface area contributed by atoms with Crippen LogP contribution in [0.2, 0.25) is 0 Å². The van der Waals surface area contributed by atoms with E-state index in [1.165, 1.54) is 0 Å². The minimum absolute atomic E-state index is 0.436. The molecule has 0 amide bonds. The normalized spacial score (nSPS) is 11.6. The smallest absolute Gasteiger partial charge is 0.238 e. The second-order valence-corrected chi connectivity index (χ2v) is 19.5. The van der Waals surface area contributed by atoms with Crippen molar-refractivity contribution < 1.29 is 0 Å². The van der Waals surface area contributed by atoms with E-state index in [0.29, 0.717) is 57.7 Å². The Balaban J connectivity index is 1.07. The number of aromatic nitrogens is 8. The maximum absolute atomic E-state index is 10.1. The monoisotopic (exact) mass is 1050 g/mol. The van der Waals surface area contributed by atoms with E-state index < -0.39 is 0 Å². The molecule has 0 N–H and O–H groups in total. The van der Waals surface area contributed by atoms with Crippen LogP contribution in [0.4, 0.5) is 34.4 Å². The first-order valence-corrected chi connectivity index (χ1v) is 26.8. The Morgan fingerprint density at radius 3 is 1.02 bits per heavy atom. The maximum Gasteiger partial charge on any atom is 0.238 e. The molecular weight excluding hydrogens is 1010 g/mol. The van der Waals surface area contributed by atoms with E-state index in [1.54, 1.807) is 0 Å². The molecule has 1 aliphatic rings. The van der Waals surface area contributed by atoms with Crippen LogP contribution in [0.5, 0.6) is 0 Å². The van der Waals surface area contributed by atoms with Crippen molar-refractivity contribution in [3.05, 3.63) is 279 Å². The fraction of sp³-hybridized carbons (Fsp3) is 0. The zero-order valence-corrected chi connectivity index (χ0v) is 43.9. The van der Waals surface area contributed by atoms with Crippen molar-refractivity contribution in [2.24, 2.45) is 0 Å². The highest BCUT2D eigenvalue weighted by Crippen LogP contribution is 2.56. The van der Waals surface area contributed by atoms with Crippen molar-refractivity contribution in [1.82, 2.24) is 39.9 Å². The minimum atomic E-state index is 0.436. The van der Waals surface area contributed by atoms with Gasteiger partial charge in [0, 0.05) is 44.5 Å². The molecule has 0 spiro atoms. The Bertz CT molecular complexity index is 4280. The third kappa shape index (κ3) is 9.34. The molecule has 0 unspecified atom stereocenters. The quantitative estimate of drug-likeness (QED) is 0.123. The highest BCUT2D eigenvalue weighted by molar-refractivity contribution is 6.05. The zero-order chi connectivity index (χ0) is 54.8. The van der Waals surface area contributed by atoms with Gasteiger partial charge in [0.15, 0.2) is 34.9 Å². The standard InChI is InChI=1S/C71H45N11/c72-46-47-39-41-48(42-40-47)55-44-64(81-60-35-19-21-37-62(60)82(63-38-22-20-36-61(63)81)71-79-68(53-31-15-5-16-32-53)76-69(80-71)54-33-17-6-18-34-54)57(70-77-66(51-27-11-3-12-28-51)75-67(78-70)52-29-13-4-14-30-52)43-56(55)59-45-58(49-23-7-1-8-24-49)73-65(74-59)50-25-9-2-10-26-50/h1-45H. The Labute approximate surface area is 473 Å². The lowest BCUT2D eigenvalue weighted by atomic mass is 9.91. The Hall–Kier alpha value is -11.6. The molecule has 4 heterocycles. The highest BCUT2D eigenvalue weighted by atomic mass is 15.3. The van der Waals surface area contributed by atoms with Crippen molar-refractivity contribution in [2.75, 3.05) is 9.80 Å². The molecule has 0 bridgehead atoms. The van der Waals surface area contributed by atoms with Gasteiger partial charge in [-0.2, -0.15) is 15.2 Å². The zero-order valence-electron chi connectivity index (χ0n) is 43.9. The number of nitrogens with zero attached hydrogens (tertiary/aromatic N) is 11. The number of nitriles is 1. The number of benzene rings is 10. The van der Waals surface area contributed by atoms with Gasteiger partial charge in [0.2, 0.25) is 5.95 Å². The molecule has 0 saturated heterocycles. The van der Waals surface area contributed by atoms with Gasteiger partial charge in [-0.3, -0.25) is 4.90 Å². The maximum atomic E-state index is 10.1. The molecule has 11 nitrogen and oxygen atoms in total. The van der Waals surface area contributed by atoms with Crippen LogP contribution in [0.25, 0.3) is 102 Å². The summed E-state index contributed by atoms with van der Waals surface area (Å²) in [5, 5.41) is 10.1. The Morgan fingerprint density at radius 2 is 0.598 bits per heavy atom. The van der Waals surface area contributed by atoms with Crippen molar-refractivity contribution in [3.63, 3.8) is 0 Å². The van der Waals surface area contributed by atoms with Crippen LogP contribution in [0.1, 0.15) is 5.56 Å². The summed E-state index contributed by atoms with van der Waals surface area (Å²) < 4.78 is 0. The van der Waals surface area contributed by atoms with Crippen molar-refractivity contribution >= 4 is 34.4 Å². The highest BCUT2D eigenvalue weighted by Gasteiger charge is 2.35. The lowest BCUT2D eigenvalue weighted by Crippen LogP contribution is -2.26. The van der Waals surface area contributed by atoms with E-state index in [1.807, 2.05) is 218 Å². The number of rotatable bonds is 11. The van der Waals surface area contributed by atoms with E-state index in [2.05, 4.69) is 70.5 Å². The molecule has 0 saturated carbocycles. The third-order valence-electron chi connectivity index (χ3n) is 14.4. The summed E-state index contributed by atoms with van der Waals surface area (Å²) in [6.45, 7) is 0. The largest absolute Gasteiger partial charge is 0.306 e. The van der Waals surface area contributed by atoms with Crippen LogP contribution in [0.15, 0.2) is 273 Å². The molecule has 1 aliphatic heterocycles. The molecule has 384 valence electrons. The molecule has 0 aliphatic carbocycles. The predicted molar refractivity (Wildman–Crippen MR) is 325 cm³/mol. The summed E-state index contributed by atoms with van der Waals surface area (Å²) in [7, 11) is 0. The van der Waals surface area contributed by atoms with Crippen LogP contribution in [-0.4, -0.2) is 39.9 Å². The second-order valence-electron chi connectivity index (χ2n) is 19.5. The first kappa shape index (κ1) is 48.7. The van der Waals surface area contributed by atoms with E-state index >= 15 is 0 Å². The molecule has 0 radical (unpaired) electrons. The van der Waals surface area contributed by atoms with Crippen LogP contribution in [0.3, 0.4) is 0 Å². The number of hydrogen-bond donors (Lipinski definition) is 0. The first-order chi connectivity index (χ1) is 40.6. The van der Waals surface area contributed by atoms with E-state index in [-0.39, 0.29) is 0 Å². The van der Waals surface area contributed by atoms with E-state index in [0.717, 1.165) is 84.2 Å². The summed E-state index contributed by atoms with van der Waals surface area (Å²) >= 11 is 0. The van der Waals surface area contributed by atoms with Crippen LogP contribution < -0.4 is 9.80 Å². The average Bonchev–Trinajstić information content (AvgIpc) is 2.46. The minimum Gasteiger partial charge on any atom is -0.306 e. The molecular formula is C71H45N11. The molecule has 14 rings (SSSR count). The molecule has 0 fully saturated rings. The SMILES string of the molecule is N#Cc1ccc(-c2cc(N3c4ccccc4N(c4nc(-c5ccccc5)nc(-c5ccccc5)n4)c4ccccc43)c(-c3nc(-c4ccccc4)nc(-c4ccccc4)n3)cc2-c2cc(-c3ccccc3)nc(-c3ccccc3)n2)cc1. The summed E-state index contributed by atoms with van der Waals surface area (Å²) in [6.07, 6.45) is 0. The van der Waals surface area contributed by atoms with Gasteiger partial charge in [0.05, 0.1) is 51.5 Å². The molecule has 10 aromatic carbocycles. The fourth-order valence-corrected chi connectivity index (χ4v) is 10.4. The molecule has 11 heteroatoms. The topological polar surface area (TPSA) is 133 Å². The second kappa shape index (κ2) is 21.3. The van der Waals surface area contributed by atoms with Gasteiger partial charge in [0.25, 0.3) is 0 Å². The van der Waals surface area contributed by atoms with Gasteiger partial charge in [-0.15, -0.1) is 0 Å². The third-order valence-corrected chi connectivity index (χ3v) is 14.4. The van der Waals surface area contributed by atoms with Crippen molar-refractivity contribution in [2.45, 2.75) is 0 Å². The number of anilines is 6. The van der Waals surface area contributed by atoms with Crippen LogP contribution >= 0.6 is 0 Å². The predicted octanol–water partition coefficient (Wildman–Crippen LogP) is 17.0. The summed E-state index contributed by atoms with van der Waals surface area (Å²) in [5.74, 6) is 3.56. The van der Waals surface area contributed by atoms with Crippen LogP contribution in [0, 0.1) is 11.3 Å². The lowest BCUT2D eigenvalue weighted by Gasteiger charge is -2.40. The van der Waals surface area contributed by atoms with Gasteiger partial charge in [-0.1, -0.05) is 218 Å². The summed E-state index contributed by atoms with van der Waals surface area (Å²) in [5.41, 5.74) is 14.4. The van der Waals surface area contributed by atoms with E-state index in [9.17, 15) is 5.26 Å². The lowest BCUT2D eigenvalue weighted by molar-refractivity contribution is 1.01. The number of para-hydroxylation sites is 4. The molecule has 82 heavy (non-hydrogen) atoms. The summed E-state index contributed by atoms with van der Waals surface area (Å²) in [4.78, 5) is 46.7. The van der Waals surface area contributed by atoms with Gasteiger partial charge < -0.3 is 4.90 Å². The summed E-state index contributed by atoms with van der Waals surface area (Å²) in [6, 6.07) is 93.3. The number of fused-ring (bicyclic) bond motifs is 2. The Morgan fingerprint density at radius 1 is 0.244 bits per heavy atom. The fourth-order valence-electron chi connectivity index (χ4n) is 10.4. The van der Waals surface area contributed by atoms with Crippen molar-refractivity contribution in [3.8, 4) is 108 Å². The van der Waals surface area contributed by atoms with Gasteiger partial charge in [-0.05, 0) is 65.7 Å². The van der Waals surface area contributed by atoms with Gasteiger partial charge in [0.1, 0.15) is 0 Å². The van der Waals surface area contributed by atoms with Gasteiger partial charge in [-0.25, -0.2) is 29.9 Å². The first-order valence-electron chi connectivity index (χ1n) is 26.8. The molecule has 0 atom stereocenters. The van der Waals surface area contributed by atoms with Crippen molar-refractivity contribution in [1.29, 1.82) is 5.26 Å². The van der Waals surface area contributed by atoms with Crippen LogP contribution in [-0.2, 0) is 0 Å².